The summed E-state index contributed by atoms with van der Waals surface area (Å²) in [5, 5.41) is 22.0. The first-order chi connectivity index (χ1) is 13.2. The number of nitrogens with one attached hydrogen (secondary N) is 1. The predicted octanol–water partition coefficient (Wildman–Crippen LogP) is 4.26. The molecule has 1 aliphatic heterocycles. The van der Waals surface area contributed by atoms with Gasteiger partial charge in [0.25, 0.3) is 0 Å². The minimum absolute atomic E-state index is 0.226. The van der Waals surface area contributed by atoms with E-state index in [2.05, 4.69) is 21.4 Å². The van der Waals surface area contributed by atoms with Crippen LogP contribution in [0.25, 0.3) is 11.1 Å². The van der Waals surface area contributed by atoms with Gasteiger partial charge in [0, 0.05) is 29.8 Å². The van der Waals surface area contributed by atoms with E-state index in [4.69, 9.17) is 28.3 Å². The van der Waals surface area contributed by atoms with Crippen LogP contribution in [-0.4, -0.2) is 39.8 Å². The third-order valence-electron chi connectivity index (χ3n) is 4.96. The summed E-state index contributed by atoms with van der Waals surface area (Å²) < 4.78 is 0. The fourth-order valence-corrected chi connectivity index (χ4v) is 3.78. The van der Waals surface area contributed by atoms with Crippen molar-refractivity contribution in [3.8, 4) is 17.2 Å². The van der Waals surface area contributed by atoms with E-state index in [9.17, 15) is 10.1 Å². The summed E-state index contributed by atoms with van der Waals surface area (Å²) in [5.41, 5.74) is 1.55. The van der Waals surface area contributed by atoms with Gasteiger partial charge < -0.3 is 15.3 Å². The molecule has 0 aliphatic carbocycles. The molecule has 1 aromatic heterocycles. The maximum Gasteiger partial charge on any atom is 0.405 e. The van der Waals surface area contributed by atoms with Gasteiger partial charge in [0.05, 0.1) is 15.7 Å². The molecule has 2 N–H and O–H groups in total. The Labute approximate surface area is 172 Å². The van der Waals surface area contributed by atoms with Crippen LogP contribution in [-0.2, 0) is 0 Å². The Morgan fingerprint density at radius 3 is 2.61 bits per heavy atom. The molecule has 0 saturated carbocycles. The normalized spacial score (nSPS) is 15.8. The van der Waals surface area contributed by atoms with Crippen LogP contribution in [0.15, 0.2) is 18.2 Å². The van der Waals surface area contributed by atoms with Crippen molar-refractivity contribution in [1.29, 1.82) is 5.26 Å². The number of piperidine rings is 1. The number of benzene rings is 1. The van der Waals surface area contributed by atoms with E-state index in [0.29, 0.717) is 58.7 Å². The van der Waals surface area contributed by atoms with E-state index >= 15 is 0 Å². The molecule has 7 nitrogen and oxygen atoms in total. The van der Waals surface area contributed by atoms with Gasteiger partial charge in [-0.05, 0) is 32.8 Å². The molecule has 9 heteroatoms. The second-order valence-corrected chi connectivity index (χ2v) is 7.81. The number of anilines is 1. The molecule has 1 fully saturated rings. The van der Waals surface area contributed by atoms with E-state index in [1.807, 2.05) is 11.8 Å². The Morgan fingerprint density at radius 1 is 1.32 bits per heavy atom. The number of hydrogen-bond donors (Lipinski definition) is 2. The monoisotopic (exact) mass is 419 g/mol. The van der Waals surface area contributed by atoms with Crippen LogP contribution in [0.4, 0.5) is 10.7 Å². The minimum Gasteiger partial charge on any atom is -0.465 e. The SMILES string of the molecule is Cc1nc(N2CCC(C)(NC(=O)O)CC2)nc(C#N)c1-c1cccc(Cl)c1Cl. The third kappa shape index (κ3) is 3.98. The number of carbonyl (C=O) groups is 1. The number of aryl methyl sites for hydroxylation is 1. The molecule has 1 aromatic carbocycles. The van der Waals surface area contributed by atoms with Gasteiger partial charge in [-0.15, -0.1) is 0 Å². The summed E-state index contributed by atoms with van der Waals surface area (Å²) in [6.07, 6.45) is 0.203. The fraction of sp³-hybridized carbons (Fsp3) is 0.368. The van der Waals surface area contributed by atoms with Gasteiger partial charge in [0.2, 0.25) is 5.95 Å². The van der Waals surface area contributed by atoms with Gasteiger partial charge in [0.15, 0.2) is 5.69 Å². The van der Waals surface area contributed by atoms with Gasteiger partial charge >= 0.3 is 6.09 Å². The van der Waals surface area contributed by atoms with Crippen LogP contribution >= 0.6 is 23.2 Å². The maximum absolute atomic E-state index is 11.0. The molecule has 1 saturated heterocycles. The van der Waals surface area contributed by atoms with Crippen molar-refractivity contribution in [2.45, 2.75) is 32.2 Å². The van der Waals surface area contributed by atoms with Crippen molar-refractivity contribution in [1.82, 2.24) is 15.3 Å². The molecule has 0 radical (unpaired) electrons. The lowest BCUT2D eigenvalue weighted by molar-refractivity contribution is 0.173. The minimum atomic E-state index is -1.03. The highest BCUT2D eigenvalue weighted by Crippen LogP contribution is 2.37. The summed E-state index contributed by atoms with van der Waals surface area (Å²) in [4.78, 5) is 22.0. The third-order valence-corrected chi connectivity index (χ3v) is 5.78. The number of rotatable bonds is 3. The first kappa shape index (κ1) is 20.2. The van der Waals surface area contributed by atoms with Gasteiger partial charge in [-0.25, -0.2) is 14.8 Å². The van der Waals surface area contributed by atoms with E-state index in [1.165, 1.54) is 0 Å². The average Bonchev–Trinajstić information content (AvgIpc) is 2.63. The van der Waals surface area contributed by atoms with Crippen molar-refractivity contribution in [2.75, 3.05) is 18.0 Å². The Balaban J connectivity index is 1.92. The first-order valence-electron chi connectivity index (χ1n) is 8.73. The van der Waals surface area contributed by atoms with Gasteiger partial charge in [0.1, 0.15) is 6.07 Å². The van der Waals surface area contributed by atoms with Gasteiger partial charge in [-0.3, -0.25) is 0 Å². The number of carboxylic acid groups (broad SMARTS) is 1. The molecular weight excluding hydrogens is 401 g/mol. The molecule has 0 bridgehead atoms. The van der Waals surface area contributed by atoms with E-state index < -0.39 is 11.6 Å². The average molecular weight is 420 g/mol. The van der Waals surface area contributed by atoms with Crippen molar-refractivity contribution in [3.05, 3.63) is 39.6 Å². The van der Waals surface area contributed by atoms with Crippen LogP contribution in [0.1, 0.15) is 31.2 Å². The summed E-state index contributed by atoms with van der Waals surface area (Å²) in [6.45, 7) is 4.85. The lowest BCUT2D eigenvalue weighted by Gasteiger charge is -2.39. The molecule has 0 unspecified atom stereocenters. The van der Waals surface area contributed by atoms with Crippen molar-refractivity contribution < 1.29 is 9.90 Å². The van der Waals surface area contributed by atoms with Crippen molar-refractivity contribution >= 4 is 35.2 Å². The lowest BCUT2D eigenvalue weighted by atomic mass is 9.90. The smallest absolute Gasteiger partial charge is 0.405 e. The number of aromatic nitrogens is 2. The highest BCUT2D eigenvalue weighted by Gasteiger charge is 2.33. The summed E-state index contributed by atoms with van der Waals surface area (Å²) >= 11 is 12.4. The van der Waals surface area contributed by atoms with E-state index in [1.54, 1.807) is 25.1 Å². The Bertz CT molecular complexity index is 966. The number of nitriles is 1. The maximum atomic E-state index is 11.0. The van der Waals surface area contributed by atoms with E-state index in [0.717, 1.165) is 0 Å². The lowest BCUT2D eigenvalue weighted by Crippen LogP contribution is -2.53. The molecule has 3 rings (SSSR count). The standard InChI is InChI=1S/C19H19Cl2N5O2/c1-11-15(12-4-3-5-13(20)16(12)21)14(10-22)24-17(23-11)26-8-6-19(2,7-9-26)25-18(27)28/h3-5,25H,6-9H2,1-2H3,(H,27,28). The summed E-state index contributed by atoms with van der Waals surface area (Å²) in [5.74, 6) is 0.452. The zero-order valence-corrected chi connectivity index (χ0v) is 17.0. The highest BCUT2D eigenvalue weighted by molar-refractivity contribution is 6.43. The summed E-state index contributed by atoms with van der Waals surface area (Å²) in [7, 11) is 0. The van der Waals surface area contributed by atoms with Crippen LogP contribution in [0, 0.1) is 18.3 Å². The molecule has 1 amide bonds. The zero-order valence-electron chi connectivity index (χ0n) is 15.5. The Kier molecular flexibility index (Phi) is 5.64. The highest BCUT2D eigenvalue weighted by atomic mass is 35.5. The van der Waals surface area contributed by atoms with Crippen molar-refractivity contribution in [2.24, 2.45) is 0 Å². The first-order valence-corrected chi connectivity index (χ1v) is 9.49. The second-order valence-electron chi connectivity index (χ2n) is 7.02. The molecule has 0 spiro atoms. The topological polar surface area (TPSA) is 102 Å². The van der Waals surface area contributed by atoms with Crippen LogP contribution in [0.3, 0.4) is 0 Å². The van der Waals surface area contributed by atoms with Gasteiger partial charge in [-0.1, -0.05) is 35.3 Å². The van der Waals surface area contributed by atoms with Gasteiger partial charge in [-0.2, -0.15) is 5.26 Å². The quantitative estimate of drug-likeness (QED) is 0.770. The molecule has 146 valence electrons. The Morgan fingerprint density at radius 2 is 2.00 bits per heavy atom. The molecular formula is C19H19Cl2N5O2. The number of amides is 1. The van der Waals surface area contributed by atoms with Crippen LogP contribution in [0.2, 0.25) is 10.0 Å². The number of hydrogen-bond acceptors (Lipinski definition) is 5. The zero-order chi connectivity index (χ0) is 20.5. The molecule has 28 heavy (non-hydrogen) atoms. The predicted molar refractivity (Wildman–Crippen MR) is 108 cm³/mol. The van der Waals surface area contributed by atoms with E-state index in [-0.39, 0.29) is 5.69 Å². The van der Waals surface area contributed by atoms with Crippen LogP contribution < -0.4 is 10.2 Å². The van der Waals surface area contributed by atoms with Crippen LogP contribution in [0.5, 0.6) is 0 Å². The second kappa shape index (κ2) is 7.82. The summed E-state index contributed by atoms with van der Waals surface area (Å²) in [6, 6.07) is 7.36. The Hall–Kier alpha value is -2.56. The fourth-order valence-electron chi connectivity index (χ4n) is 3.38. The largest absolute Gasteiger partial charge is 0.465 e. The molecule has 0 atom stereocenters. The number of nitrogens with zero attached hydrogens (tertiary/aromatic N) is 4. The molecule has 2 aromatic rings. The molecule has 1 aliphatic rings. The van der Waals surface area contributed by atoms with Crippen molar-refractivity contribution in [3.63, 3.8) is 0 Å². The number of halogens is 2. The molecule has 2 heterocycles.